The second-order valence-electron chi connectivity index (χ2n) is 3.17. The molecule has 0 spiro atoms. The second-order valence-corrected chi connectivity index (χ2v) is 21.2. The van der Waals surface area contributed by atoms with Crippen molar-refractivity contribution in [3.05, 3.63) is 48.6 Å². The summed E-state index contributed by atoms with van der Waals surface area (Å²) in [7, 11) is 23.0. The van der Waals surface area contributed by atoms with Gasteiger partial charge in [0.05, 0.1) is 0 Å². The van der Waals surface area contributed by atoms with Crippen LogP contribution in [0, 0.1) is 0 Å². The first-order chi connectivity index (χ1) is 7.61. The van der Waals surface area contributed by atoms with E-state index in [-0.39, 0.29) is 0 Å². The van der Waals surface area contributed by atoms with Crippen LogP contribution in [0.4, 0.5) is 0 Å². The third kappa shape index (κ3) is 6.17. The molecule has 0 aromatic rings. The Balaban J connectivity index is 0.000000160. The molecule has 0 aliphatic heterocycles. The molecule has 16 heavy (non-hydrogen) atoms. The summed E-state index contributed by atoms with van der Waals surface area (Å²) in [6.07, 6.45) is 16.2. The summed E-state index contributed by atoms with van der Waals surface area (Å²) >= 11 is -3.87. The van der Waals surface area contributed by atoms with Gasteiger partial charge in [0.1, 0.15) is 0 Å². The fourth-order valence-electron chi connectivity index (χ4n) is 1.15. The van der Waals surface area contributed by atoms with Crippen LogP contribution in [-0.2, 0) is 38.7 Å². The van der Waals surface area contributed by atoms with Gasteiger partial charge in [0.15, 0.2) is 0 Å². The molecule has 0 bridgehead atoms. The van der Waals surface area contributed by atoms with Crippen molar-refractivity contribution in [3.63, 3.8) is 0 Å². The zero-order valence-electron chi connectivity index (χ0n) is 8.29. The molecule has 0 radical (unpaired) electrons. The summed E-state index contributed by atoms with van der Waals surface area (Å²) in [4.78, 5) is 0. The van der Waals surface area contributed by atoms with Crippen LogP contribution in [0.5, 0.6) is 0 Å². The van der Waals surface area contributed by atoms with Crippen LogP contribution in [0.15, 0.2) is 48.6 Å². The molecule has 2 aliphatic carbocycles. The third-order valence-corrected chi connectivity index (χ3v) is 12.3. The van der Waals surface area contributed by atoms with E-state index in [2.05, 4.69) is 24.3 Å². The Hall–Kier alpha value is 1.89. The van der Waals surface area contributed by atoms with Gasteiger partial charge in [-0.05, 0) is 0 Å². The zero-order chi connectivity index (χ0) is 12.0. The molecular weight excluding hydrogens is 444 g/mol. The summed E-state index contributed by atoms with van der Waals surface area (Å²) in [5.41, 5.74) is 0. The molecule has 0 atom stereocenters. The van der Waals surface area contributed by atoms with E-state index in [1.807, 2.05) is 24.3 Å². The van der Waals surface area contributed by atoms with Crippen LogP contribution in [0.3, 0.4) is 0 Å². The van der Waals surface area contributed by atoms with Gasteiger partial charge in [0, 0.05) is 0 Å². The van der Waals surface area contributed by atoms with E-state index < -0.39 is 38.7 Å². The van der Waals surface area contributed by atoms with Crippen molar-refractivity contribution in [2.45, 2.75) is 7.25 Å². The normalized spacial score (nSPS) is 17.8. The minimum atomic E-state index is -1.94. The van der Waals surface area contributed by atoms with Crippen LogP contribution in [0.2, 0.25) is 7.25 Å². The van der Waals surface area contributed by atoms with E-state index in [1.165, 1.54) is 0 Å². The Morgan fingerprint density at radius 3 is 0.938 bits per heavy atom. The van der Waals surface area contributed by atoms with E-state index in [1.54, 1.807) is 0 Å². The number of rotatable bonds is 2. The Morgan fingerprint density at radius 1 is 0.562 bits per heavy atom. The molecule has 2 aliphatic rings. The van der Waals surface area contributed by atoms with Crippen molar-refractivity contribution in [1.29, 1.82) is 0 Å². The van der Waals surface area contributed by atoms with E-state index in [0.29, 0.717) is 7.25 Å². The van der Waals surface area contributed by atoms with Gasteiger partial charge in [-0.3, -0.25) is 0 Å². The van der Waals surface area contributed by atoms with E-state index >= 15 is 0 Å². The molecular formula is C10H10Cl4Zr2. The van der Waals surface area contributed by atoms with Gasteiger partial charge in [0.25, 0.3) is 0 Å². The first-order valence-electron chi connectivity index (χ1n) is 4.67. The maximum atomic E-state index is 5.74. The van der Waals surface area contributed by atoms with E-state index in [4.69, 9.17) is 34.1 Å². The predicted octanol–water partition coefficient (Wildman–Crippen LogP) is 5.65. The maximum absolute atomic E-state index is 5.74. The monoisotopic (exact) mass is 450 g/mol. The molecule has 0 saturated heterocycles. The summed E-state index contributed by atoms with van der Waals surface area (Å²) in [5, 5.41) is 0. The quantitative estimate of drug-likeness (QED) is 0.506. The van der Waals surface area contributed by atoms with E-state index in [0.717, 1.165) is 0 Å². The van der Waals surface area contributed by atoms with Crippen molar-refractivity contribution >= 4 is 34.1 Å². The summed E-state index contributed by atoms with van der Waals surface area (Å²) in [6.45, 7) is 0. The molecule has 0 heterocycles. The number of allylic oxidation sites excluding steroid dienone is 8. The SMILES string of the molecule is [Cl][Zr]([Cl])[CH]1C=CC=C1.[Cl][Zr]([Cl])[CH]1C=CC=C1. The predicted molar refractivity (Wildman–Crippen MR) is 67.5 cm³/mol. The Kier molecular flexibility index (Phi) is 8.86. The number of hydrogen-bond acceptors (Lipinski definition) is 0. The first kappa shape index (κ1) is 15.9. The van der Waals surface area contributed by atoms with Gasteiger partial charge in [-0.2, -0.15) is 0 Å². The van der Waals surface area contributed by atoms with Gasteiger partial charge in [-0.15, -0.1) is 0 Å². The molecule has 0 saturated carbocycles. The van der Waals surface area contributed by atoms with Crippen molar-refractivity contribution in [2.75, 3.05) is 0 Å². The Morgan fingerprint density at radius 2 is 0.812 bits per heavy atom. The van der Waals surface area contributed by atoms with Crippen LogP contribution in [-0.4, -0.2) is 0 Å². The minimum absolute atomic E-state index is 0.431. The van der Waals surface area contributed by atoms with Gasteiger partial charge >= 0.3 is 129 Å². The topological polar surface area (TPSA) is 0 Å². The molecule has 2 rings (SSSR count). The molecule has 0 fully saturated rings. The molecule has 0 aromatic heterocycles. The molecule has 0 N–H and O–H groups in total. The standard InChI is InChI=1S/2C5H5.4ClH.2Zr/c2*1-2-4-5-3-1;;;;;;/h2*1-5H;4*1H;;/q;;;;;;2*+2/p-4. The van der Waals surface area contributed by atoms with Gasteiger partial charge in [0.2, 0.25) is 0 Å². The van der Waals surface area contributed by atoms with Gasteiger partial charge < -0.3 is 0 Å². The molecule has 0 nitrogen and oxygen atoms in total. The van der Waals surface area contributed by atoms with Gasteiger partial charge in [-0.1, -0.05) is 0 Å². The molecule has 0 unspecified atom stereocenters. The summed E-state index contributed by atoms with van der Waals surface area (Å²) in [5.74, 6) is 0. The van der Waals surface area contributed by atoms with Crippen LogP contribution < -0.4 is 0 Å². The average Bonchev–Trinajstić information content (AvgIpc) is 2.93. The summed E-state index contributed by atoms with van der Waals surface area (Å²) in [6, 6.07) is 0. The number of halogens is 4. The first-order valence-corrected chi connectivity index (χ1v) is 20.2. The van der Waals surface area contributed by atoms with Crippen molar-refractivity contribution in [1.82, 2.24) is 0 Å². The van der Waals surface area contributed by atoms with Crippen molar-refractivity contribution in [3.8, 4) is 0 Å². The fourth-order valence-corrected chi connectivity index (χ4v) is 7.12. The van der Waals surface area contributed by atoms with Crippen molar-refractivity contribution in [2.24, 2.45) is 0 Å². The van der Waals surface area contributed by atoms with Gasteiger partial charge in [-0.25, -0.2) is 0 Å². The fraction of sp³-hybridized carbons (Fsp3) is 0.200. The van der Waals surface area contributed by atoms with Crippen molar-refractivity contribution < 1.29 is 38.7 Å². The number of hydrogen-bond donors (Lipinski definition) is 0. The van der Waals surface area contributed by atoms with Crippen LogP contribution >= 0.6 is 34.1 Å². The van der Waals surface area contributed by atoms with Crippen LogP contribution in [0.25, 0.3) is 0 Å². The Bertz CT molecular complexity index is 265. The zero-order valence-corrected chi connectivity index (χ0v) is 16.2. The third-order valence-electron chi connectivity index (χ3n) is 2.00. The Labute approximate surface area is 127 Å². The van der Waals surface area contributed by atoms with Crippen LogP contribution in [0.1, 0.15) is 0 Å². The molecule has 0 amide bonds. The molecule has 86 valence electrons. The average molecular weight is 454 g/mol. The molecule has 0 aromatic carbocycles. The second kappa shape index (κ2) is 8.90. The van der Waals surface area contributed by atoms with E-state index in [9.17, 15) is 0 Å². The summed E-state index contributed by atoms with van der Waals surface area (Å²) < 4.78 is 0.862. The molecule has 6 heteroatoms.